The Labute approximate surface area is 161 Å². The van der Waals surface area contributed by atoms with Crippen LogP contribution in [0, 0.1) is 0 Å². The van der Waals surface area contributed by atoms with Gasteiger partial charge in [0.2, 0.25) is 0 Å². The summed E-state index contributed by atoms with van der Waals surface area (Å²) in [5.41, 5.74) is 2.58. The molecule has 0 aliphatic carbocycles. The number of hydrogen-bond acceptors (Lipinski definition) is 2. The number of aliphatic imine (C=N–C) groups is 1. The highest BCUT2D eigenvalue weighted by atomic mass is 127. The zero-order valence-electron chi connectivity index (χ0n) is 14.2. The first kappa shape index (κ1) is 20.4. The topological polar surface area (TPSA) is 45.7 Å². The number of halogens is 1. The molecule has 2 aromatic rings. The SMILES string of the molecule is CN=C(NCCOC)NCC(c1ccccc1)c1ccccc1.I. The third kappa shape index (κ3) is 6.49. The van der Waals surface area contributed by atoms with Gasteiger partial charge in [-0.25, -0.2) is 0 Å². The van der Waals surface area contributed by atoms with Crippen molar-refractivity contribution in [3.8, 4) is 0 Å². The lowest BCUT2D eigenvalue weighted by Gasteiger charge is -2.20. The molecular weight excluding hydrogens is 413 g/mol. The summed E-state index contributed by atoms with van der Waals surface area (Å²) in [6, 6.07) is 21.1. The fourth-order valence-corrected chi connectivity index (χ4v) is 2.49. The number of guanidine groups is 1. The van der Waals surface area contributed by atoms with Crippen LogP contribution in [-0.2, 0) is 4.74 Å². The molecule has 5 heteroatoms. The molecule has 2 N–H and O–H groups in total. The zero-order chi connectivity index (χ0) is 16.3. The largest absolute Gasteiger partial charge is 0.383 e. The first-order valence-corrected chi connectivity index (χ1v) is 7.88. The third-order valence-corrected chi connectivity index (χ3v) is 3.70. The summed E-state index contributed by atoms with van der Waals surface area (Å²) in [6.07, 6.45) is 0. The molecule has 0 fully saturated rings. The minimum Gasteiger partial charge on any atom is -0.383 e. The van der Waals surface area contributed by atoms with Crippen molar-refractivity contribution in [3.63, 3.8) is 0 Å². The summed E-state index contributed by atoms with van der Waals surface area (Å²) in [5, 5.41) is 6.65. The Morgan fingerprint density at radius 1 is 0.958 bits per heavy atom. The van der Waals surface area contributed by atoms with Gasteiger partial charge in [-0.15, -0.1) is 24.0 Å². The van der Waals surface area contributed by atoms with E-state index < -0.39 is 0 Å². The minimum absolute atomic E-state index is 0. The van der Waals surface area contributed by atoms with Crippen molar-refractivity contribution in [2.75, 3.05) is 33.9 Å². The van der Waals surface area contributed by atoms with Gasteiger partial charge in [0.05, 0.1) is 6.61 Å². The molecule has 0 unspecified atom stereocenters. The Kier molecular flexibility index (Phi) is 10.1. The monoisotopic (exact) mass is 439 g/mol. The van der Waals surface area contributed by atoms with Crippen LogP contribution in [0.5, 0.6) is 0 Å². The van der Waals surface area contributed by atoms with E-state index in [-0.39, 0.29) is 29.9 Å². The molecule has 24 heavy (non-hydrogen) atoms. The molecule has 0 heterocycles. The van der Waals surface area contributed by atoms with E-state index in [1.807, 2.05) is 12.1 Å². The molecule has 0 saturated carbocycles. The van der Waals surface area contributed by atoms with Crippen molar-refractivity contribution in [2.45, 2.75) is 5.92 Å². The highest BCUT2D eigenvalue weighted by Crippen LogP contribution is 2.23. The van der Waals surface area contributed by atoms with Gasteiger partial charge >= 0.3 is 0 Å². The fraction of sp³-hybridized carbons (Fsp3) is 0.316. The van der Waals surface area contributed by atoms with E-state index in [4.69, 9.17) is 4.74 Å². The van der Waals surface area contributed by atoms with Crippen molar-refractivity contribution >= 4 is 29.9 Å². The molecule has 0 radical (unpaired) electrons. The summed E-state index contributed by atoms with van der Waals surface area (Å²) >= 11 is 0. The van der Waals surface area contributed by atoms with Crippen LogP contribution in [-0.4, -0.2) is 39.8 Å². The molecule has 0 spiro atoms. The fourth-order valence-electron chi connectivity index (χ4n) is 2.49. The molecule has 2 aromatic carbocycles. The number of ether oxygens (including phenoxy) is 1. The summed E-state index contributed by atoms with van der Waals surface area (Å²) in [4.78, 5) is 4.26. The molecule has 0 amide bonds. The second-order valence-corrected chi connectivity index (χ2v) is 5.25. The van der Waals surface area contributed by atoms with Crippen LogP contribution in [0.15, 0.2) is 65.7 Å². The van der Waals surface area contributed by atoms with Crippen molar-refractivity contribution in [1.82, 2.24) is 10.6 Å². The van der Waals surface area contributed by atoms with Crippen molar-refractivity contribution in [3.05, 3.63) is 71.8 Å². The van der Waals surface area contributed by atoms with Crippen molar-refractivity contribution in [1.29, 1.82) is 0 Å². The van der Waals surface area contributed by atoms with Gasteiger partial charge in [-0.2, -0.15) is 0 Å². The number of rotatable bonds is 7. The third-order valence-electron chi connectivity index (χ3n) is 3.70. The van der Waals surface area contributed by atoms with E-state index in [0.29, 0.717) is 6.61 Å². The average molecular weight is 439 g/mol. The van der Waals surface area contributed by atoms with Crippen LogP contribution in [0.25, 0.3) is 0 Å². The highest BCUT2D eigenvalue weighted by molar-refractivity contribution is 14.0. The molecule has 0 saturated heterocycles. The lowest BCUT2D eigenvalue weighted by molar-refractivity contribution is 0.203. The summed E-state index contributed by atoms with van der Waals surface area (Å²) in [7, 11) is 3.47. The van der Waals surface area contributed by atoms with Gasteiger partial charge in [-0.05, 0) is 11.1 Å². The van der Waals surface area contributed by atoms with E-state index in [9.17, 15) is 0 Å². The van der Waals surface area contributed by atoms with Gasteiger partial charge in [0.15, 0.2) is 5.96 Å². The van der Waals surface area contributed by atoms with Gasteiger partial charge in [0, 0.05) is 33.2 Å². The predicted molar refractivity (Wildman–Crippen MR) is 111 cm³/mol. The maximum Gasteiger partial charge on any atom is 0.191 e. The maximum atomic E-state index is 5.06. The molecule has 0 aliphatic rings. The van der Waals surface area contributed by atoms with Gasteiger partial charge in [-0.3, -0.25) is 4.99 Å². The van der Waals surface area contributed by atoms with Crippen molar-refractivity contribution < 1.29 is 4.74 Å². The Hall–Kier alpha value is -1.60. The predicted octanol–water partition coefficient (Wildman–Crippen LogP) is 3.25. The molecular formula is C19H26IN3O. The van der Waals surface area contributed by atoms with Crippen LogP contribution in [0.4, 0.5) is 0 Å². The van der Waals surface area contributed by atoms with Gasteiger partial charge in [-0.1, -0.05) is 60.7 Å². The molecule has 0 bridgehead atoms. The zero-order valence-corrected chi connectivity index (χ0v) is 16.6. The van der Waals surface area contributed by atoms with Gasteiger partial charge in [0.25, 0.3) is 0 Å². The van der Waals surface area contributed by atoms with E-state index >= 15 is 0 Å². The molecule has 0 aliphatic heterocycles. The van der Waals surface area contributed by atoms with Crippen molar-refractivity contribution in [2.24, 2.45) is 4.99 Å². The molecule has 0 atom stereocenters. The number of nitrogens with one attached hydrogen (secondary N) is 2. The quantitative estimate of drug-likeness (QED) is 0.302. The van der Waals surface area contributed by atoms with Crippen LogP contribution >= 0.6 is 24.0 Å². The van der Waals surface area contributed by atoms with Crippen LogP contribution < -0.4 is 10.6 Å². The second kappa shape index (κ2) is 11.9. The van der Waals surface area contributed by atoms with Crippen LogP contribution in [0.1, 0.15) is 17.0 Å². The first-order chi connectivity index (χ1) is 11.3. The summed E-state index contributed by atoms with van der Waals surface area (Å²) in [6.45, 7) is 2.17. The standard InChI is InChI=1S/C19H25N3O.HI/c1-20-19(21-13-14-23-2)22-15-18(16-9-5-3-6-10-16)17-11-7-4-8-12-17;/h3-12,18H,13-15H2,1-2H3,(H2,20,21,22);1H. The molecule has 4 nitrogen and oxygen atoms in total. The lowest BCUT2D eigenvalue weighted by atomic mass is 9.91. The van der Waals surface area contributed by atoms with E-state index in [1.54, 1.807) is 14.2 Å². The highest BCUT2D eigenvalue weighted by Gasteiger charge is 2.14. The Bertz CT molecular complexity index is 551. The van der Waals surface area contributed by atoms with Gasteiger partial charge < -0.3 is 15.4 Å². The van der Waals surface area contributed by atoms with Crippen LogP contribution in [0.2, 0.25) is 0 Å². The Morgan fingerprint density at radius 2 is 1.50 bits per heavy atom. The number of benzene rings is 2. The number of methoxy groups -OCH3 is 1. The molecule has 130 valence electrons. The first-order valence-electron chi connectivity index (χ1n) is 7.88. The van der Waals surface area contributed by atoms with E-state index in [0.717, 1.165) is 19.0 Å². The second-order valence-electron chi connectivity index (χ2n) is 5.25. The molecule has 0 aromatic heterocycles. The van der Waals surface area contributed by atoms with E-state index in [1.165, 1.54) is 11.1 Å². The number of nitrogens with zero attached hydrogens (tertiary/aromatic N) is 1. The Balaban J connectivity index is 0.00000288. The van der Waals surface area contributed by atoms with Crippen LogP contribution in [0.3, 0.4) is 0 Å². The average Bonchev–Trinajstić information content (AvgIpc) is 2.62. The minimum atomic E-state index is 0. The lowest BCUT2D eigenvalue weighted by Crippen LogP contribution is -2.40. The van der Waals surface area contributed by atoms with E-state index in [2.05, 4.69) is 64.2 Å². The summed E-state index contributed by atoms with van der Waals surface area (Å²) < 4.78 is 5.06. The molecule has 2 rings (SSSR count). The van der Waals surface area contributed by atoms with Gasteiger partial charge in [0.1, 0.15) is 0 Å². The maximum absolute atomic E-state index is 5.06. The normalized spacial score (nSPS) is 11.0. The summed E-state index contributed by atoms with van der Waals surface area (Å²) in [5.74, 6) is 1.07. The number of hydrogen-bond donors (Lipinski definition) is 2. The smallest absolute Gasteiger partial charge is 0.191 e. The Morgan fingerprint density at radius 3 is 1.96 bits per heavy atom.